The SMILES string of the molecule is CC(CO)N(C)C(=O)Cc1ccc(O)cc1. The van der Waals surface area contributed by atoms with Crippen LogP contribution in [-0.4, -0.2) is 40.7 Å². The normalized spacial score (nSPS) is 12.2. The summed E-state index contributed by atoms with van der Waals surface area (Å²) in [5.41, 5.74) is 0.847. The summed E-state index contributed by atoms with van der Waals surface area (Å²) >= 11 is 0. The van der Waals surface area contributed by atoms with Crippen LogP contribution in [0.3, 0.4) is 0 Å². The molecule has 88 valence electrons. The summed E-state index contributed by atoms with van der Waals surface area (Å²) in [6.45, 7) is 1.74. The Bertz CT molecular complexity index is 348. The number of carbonyl (C=O) groups is 1. The minimum Gasteiger partial charge on any atom is -0.508 e. The zero-order chi connectivity index (χ0) is 12.1. The average molecular weight is 223 g/mol. The third-order valence-corrected chi connectivity index (χ3v) is 2.61. The molecular weight excluding hydrogens is 206 g/mol. The molecule has 4 nitrogen and oxygen atoms in total. The summed E-state index contributed by atoms with van der Waals surface area (Å²) in [5, 5.41) is 18.0. The molecule has 0 saturated heterocycles. The predicted molar refractivity (Wildman–Crippen MR) is 61.1 cm³/mol. The Kier molecular flexibility index (Phi) is 4.31. The number of phenolic OH excluding ortho intramolecular Hbond substituents is 1. The maximum absolute atomic E-state index is 11.8. The molecule has 2 N–H and O–H groups in total. The number of hydrogen-bond donors (Lipinski definition) is 2. The van der Waals surface area contributed by atoms with Crippen LogP contribution >= 0.6 is 0 Å². The number of rotatable bonds is 4. The lowest BCUT2D eigenvalue weighted by Crippen LogP contribution is -2.38. The van der Waals surface area contributed by atoms with Crippen molar-refractivity contribution < 1.29 is 15.0 Å². The first kappa shape index (κ1) is 12.5. The molecule has 0 aromatic heterocycles. The van der Waals surface area contributed by atoms with E-state index in [9.17, 15) is 4.79 Å². The molecule has 4 heteroatoms. The van der Waals surface area contributed by atoms with E-state index in [4.69, 9.17) is 10.2 Å². The molecule has 0 heterocycles. The van der Waals surface area contributed by atoms with Gasteiger partial charge in [0.2, 0.25) is 5.91 Å². The van der Waals surface area contributed by atoms with Gasteiger partial charge in [0.1, 0.15) is 5.75 Å². The van der Waals surface area contributed by atoms with Crippen molar-refractivity contribution in [1.82, 2.24) is 4.90 Å². The van der Waals surface area contributed by atoms with Crippen molar-refractivity contribution in [1.29, 1.82) is 0 Å². The van der Waals surface area contributed by atoms with E-state index in [0.717, 1.165) is 5.56 Å². The fourth-order valence-electron chi connectivity index (χ4n) is 1.28. The van der Waals surface area contributed by atoms with Crippen LogP contribution in [0.5, 0.6) is 5.75 Å². The van der Waals surface area contributed by atoms with Gasteiger partial charge in [0.15, 0.2) is 0 Å². The van der Waals surface area contributed by atoms with Crippen molar-refractivity contribution in [3.63, 3.8) is 0 Å². The van der Waals surface area contributed by atoms with E-state index in [0.29, 0.717) is 0 Å². The van der Waals surface area contributed by atoms with Gasteiger partial charge in [-0.05, 0) is 24.6 Å². The maximum Gasteiger partial charge on any atom is 0.227 e. The molecule has 0 aliphatic carbocycles. The van der Waals surface area contributed by atoms with E-state index in [-0.39, 0.29) is 30.7 Å². The summed E-state index contributed by atoms with van der Waals surface area (Å²) in [6.07, 6.45) is 0.279. The number of aliphatic hydroxyl groups is 1. The first-order chi connectivity index (χ1) is 7.54. The number of aliphatic hydroxyl groups excluding tert-OH is 1. The van der Waals surface area contributed by atoms with E-state index in [1.807, 2.05) is 0 Å². The van der Waals surface area contributed by atoms with Gasteiger partial charge in [-0.15, -0.1) is 0 Å². The van der Waals surface area contributed by atoms with Crippen LogP contribution in [0.4, 0.5) is 0 Å². The Morgan fingerprint density at radius 2 is 1.94 bits per heavy atom. The van der Waals surface area contributed by atoms with E-state index < -0.39 is 0 Å². The first-order valence-corrected chi connectivity index (χ1v) is 5.19. The highest BCUT2D eigenvalue weighted by Gasteiger charge is 2.14. The highest BCUT2D eigenvalue weighted by atomic mass is 16.3. The third kappa shape index (κ3) is 3.24. The van der Waals surface area contributed by atoms with Gasteiger partial charge < -0.3 is 15.1 Å². The lowest BCUT2D eigenvalue weighted by molar-refractivity contribution is -0.131. The Balaban J connectivity index is 2.60. The van der Waals surface area contributed by atoms with Crippen LogP contribution in [0.2, 0.25) is 0 Å². The average Bonchev–Trinajstić information content (AvgIpc) is 2.30. The zero-order valence-electron chi connectivity index (χ0n) is 9.55. The number of phenols is 1. The number of nitrogens with zero attached hydrogens (tertiary/aromatic N) is 1. The van der Waals surface area contributed by atoms with Gasteiger partial charge in [0, 0.05) is 7.05 Å². The standard InChI is InChI=1S/C12H17NO3/c1-9(8-14)13(2)12(16)7-10-3-5-11(15)6-4-10/h3-6,9,14-15H,7-8H2,1-2H3. The fourth-order valence-corrected chi connectivity index (χ4v) is 1.28. The molecule has 1 amide bonds. The maximum atomic E-state index is 11.8. The number of hydrogen-bond acceptors (Lipinski definition) is 3. The van der Waals surface area contributed by atoms with Crippen LogP contribution < -0.4 is 0 Å². The smallest absolute Gasteiger partial charge is 0.227 e. The zero-order valence-corrected chi connectivity index (χ0v) is 9.55. The monoisotopic (exact) mass is 223 g/mol. The molecule has 0 aliphatic rings. The second kappa shape index (κ2) is 5.51. The van der Waals surface area contributed by atoms with Crippen molar-refractivity contribution in [3.8, 4) is 5.75 Å². The highest BCUT2D eigenvalue weighted by Crippen LogP contribution is 2.11. The molecule has 16 heavy (non-hydrogen) atoms. The van der Waals surface area contributed by atoms with E-state index in [1.54, 1.807) is 38.2 Å². The number of aromatic hydroxyl groups is 1. The van der Waals surface area contributed by atoms with Crippen molar-refractivity contribution >= 4 is 5.91 Å². The third-order valence-electron chi connectivity index (χ3n) is 2.61. The van der Waals surface area contributed by atoms with E-state index in [1.165, 1.54) is 4.90 Å². The predicted octanol–water partition coefficient (Wildman–Crippen LogP) is 0.774. The second-order valence-corrected chi connectivity index (χ2v) is 3.88. The minimum atomic E-state index is -0.176. The summed E-state index contributed by atoms with van der Waals surface area (Å²) < 4.78 is 0. The topological polar surface area (TPSA) is 60.8 Å². The molecule has 0 aliphatic heterocycles. The summed E-state index contributed by atoms with van der Waals surface area (Å²) in [6, 6.07) is 6.36. The molecule has 1 aromatic carbocycles. The molecule has 0 bridgehead atoms. The van der Waals surface area contributed by atoms with Gasteiger partial charge in [-0.2, -0.15) is 0 Å². The molecule has 1 unspecified atom stereocenters. The number of likely N-dealkylation sites (N-methyl/N-ethyl adjacent to an activating group) is 1. The van der Waals surface area contributed by atoms with Crippen LogP contribution in [0, 0.1) is 0 Å². The first-order valence-electron chi connectivity index (χ1n) is 5.19. The van der Waals surface area contributed by atoms with Gasteiger partial charge in [-0.1, -0.05) is 12.1 Å². The summed E-state index contributed by atoms with van der Waals surface area (Å²) in [7, 11) is 1.67. The molecular formula is C12H17NO3. The van der Waals surface area contributed by atoms with E-state index >= 15 is 0 Å². The van der Waals surface area contributed by atoms with Crippen LogP contribution in [0.15, 0.2) is 24.3 Å². The lowest BCUT2D eigenvalue weighted by Gasteiger charge is -2.23. The van der Waals surface area contributed by atoms with Crippen molar-refractivity contribution in [3.05, 3.63) is 29.8 Å². The molecule has 1 atom stereocenters. The van der Waals surface area contributed by atoms with Gasteiger partial charge in [0.05, 0.1) is 19.1 Å². The Morgan fingerprint density at radius 1 is 1.38 bits per heavy atom. The number of carbonyl (C=O) groups excluding carboxylic acids is 1. The molecule has 0 spiro atoms. The van der Waals surface area contributed by atoms with Crippen LogP contribution in [0.1, 0.15) is 12.5 Å². The second-order valence-electron chi connectivity index (χ2n) is 3.88. The van der Waals surface area contributed by atoms with Crippen molar-refractivity contribution in [2.24, 2.45) is 0 Å². The molecule has 1 aromatic rings. The van der Waals surface area contributed by atoms with Gasteiger partial charge >= 0.3 is 0 Å². The number of benzene rings is 1. The summed E-state index contributed by atoms with van der Waals surface area (Å²) in [5.74, 6) is 0.139. The number of amides is 1. The van der Waals surface area contributed by atoms with Crippen LogP contribution in [-0.2, 0) is 11.2 Å². The largest absolute Gasteiger partial charge is 0.508 e. The van der Waals surface area contributed by atoms with Gasteiger partial charge in [-0.3, -0.25) is 4.79 Å². The summed E-state index contributed by atoms with van der Waals surface area (Å²) in [4.78, 5) is 13.3. The van der Waals surface area contributed by atoms with Crippen LogP contribution in [0.25, 0.3) is 0 Å². The molecule has 0 fully saturated rings. The van der Waals surface area contributed by atoms with Crippen molar-refractivity contribution in [2.45, 2.75) is 19.4 Å². The molecule has 1 rings (SSSR count). The van der Waals surface area contributed by atoms with E-state index in [2.05, 4.69) is 0 Å². The Labute approximate surface area is 95.1 Å². The Hall–Kier alpha value is -1.55. The highest BCUT2D eigenvalue weighted by molar-refractivity contribution is 5.78. The van der Waals surface area contributed by atoms with Crippen molar-refractivity contribution in [2.75, 3.05) is 13.7 Å². The molecule has 0 radical (unpaired) electrons. The minimum absolute atomic E-state index is 0.0438. The quantitative estimate of drug-likeness (QED) is 0.792. The molecule has 0 saturated carbocycles. The van der Waals surface area contributed by atoms with Gasteiger partial charge in [0.25, 0.3) is 0 Å². The lowest BCUT2D eigenvalue weighted by atomic mass is 10.1. The fraction of sp³-hybridized carbons (Fsp3) is 0.417. The Morgan fingerprint density at radius 3 is 2.44 bits per heavy atom. The van der Waals surface area contributed by atoms with Gasteiger partial charge in [-0.25, -0.2) is 0 Å².